The monoisotopic (exact) mass is 379 g/mol. The van der Waals surface area contributed by atoms with Gasteiger partial charge in [-0.25, -0.2) is 0 Å². The Hall–Kier alpha value is -1.23. The fourth-order valence-corrected chi connectivity index (χ4v) is 2.37. The van der Waals surface area contributed by atoms with Gasteiger partial charge in [-0.05, 0) is 12.8 Å². The van der Waals surface area contributed by atoms with Crippen LogP contribution < -0.4 is 0 Å². The van der Waals surface area contributed by atoms with Crippen molar-refractivity contribution in [3.63, 3.8) is 0 Å². The molecule has 1 rings (SSSR count). The first-order valence-electron chi connectivity index (χ1n) is 6.68. The van der Waals surface area contributed by atoms with E-state index in [1.807, 2.05) is 0 Å². The molecular formula is C12H12F11N. The second kappa shape index (κ2) is 6.58. The van der Waals surface area contributed by atoms with Gasteiger partial charge in [-0.1, -0.05) is 12.8 Å². The van der Waals surface area contributed by atoms with Crippen LogP contribution in [0, 0.1) is 0 Å². The second-order valence-electron chi connectivity index (χ2n) is 5.19. The van der Waals surface area contributed by atoms with Crippen molar-refractivity contribution in [2.75, 3.05) is 13.1 Å². The van der Waals surface area contributed by atoms with E-state index in [-0.39, 0.29) is 17.7 Å². The van der Waals surface area contributed by atoms with Crippen LogP contribution in [0.4, 0.5) is 48.3 Å². The van der Waals surface area contributed by atoms with Crippen LogP contribution in [0.2, 0.25) is 0 Å². The lowest BCUT2D eigenvalue weighted by atomic mass is 10.0. The Morgan fingerprint density at radius 3 is 1.25 bits per heavy atom. The van der Waals surface area contributed by atoms with Crippen molar-refractivity contribution in [2.45, 2.75) is 50.1 Å². The summed E-state index contributed by atoms with van der Waals surface area (Å²) in [5, 5.41) is 0. The number of likely N-dealkylation sites (tertiary alicyclic amines) is 1. The molecule has 0 N–H and O–H groups in total. The van der Waals surface area contributed by atoms with Crippen molar-refractivity contribution in [1.29, 1.82) is 0 Å². The Labute approximate surface area is 129 Å². The summed E-state index contributed by atoms with van der Waals surface area (Å²) >= 11 is 0. The van der Waals surface area contributed by atoms with Crippen LogP contribution in [0.5, 0.6) is 0 Å². The molecule has 12 heteroatoms. The Bertz CT molecular complexity index is 445. The van der Waals surface area contributed by atoms with Crippen LogP contribution in [0.25, 0.3) is 0 Å². The fraction of sp³-hybridized carbons (Fsp3) is 0.833. The highest BCUT2D eigenvalue weighted by molar-refractivity contribution is 5.30. The first-order valence-corrected chi connectivity index (χ1v) is 6.68. The lowest BCUT2D eigenvalue weighted by Crippen LogP contribution is -2.49. The molecule has 0 radical (unpaired) electrons. The maximum Gasteiger partial charge on any atom is 0.459 e. The van der Waals surface area contributed by atoms with E-state index in [9.17, 15) is 48.3 Å². The van der Waals surface area contributed by atoms with E-state index in [0.717, 1.165) is 0 Å². The van der Waals surface area contributed by atoms with E-state index in [1.165, 1.54) is 0 Å². The highest BCUT2D eigenvalue weighted by Crippen LogP contribution is 2.50. The van der Waals surface area contributed by atoms with Gasteiger partial charge in [0.05, 0.1) is 0 Å². The smallest absolute Gasteiger partial charge is 0.369 e. The van der Waals surface area contributed by atoms with Crippen LogP contribution in [0.3, 0.4) is 0 Å². The van der Waals surface area contributed by atoms with Gasteiger partial charge in [-0.2, -0.15) is 48.3 Å². The molecule has 1 fully saturated rings. The Morgan fingerprint density at radius 1 is 0.583 bits per heavy atom. The van der Waals surface area contributed by atoms with E-state index in [0.29, 0.717) is 12.8 Å². The molecule has 0 aliphatic carbocycles. The van der Waals surface area contributed by atoms with E-state index < -0.39 is 48.8 Å². The molecule has 0 saturated carbocycles. The summed E-state index contributed by atoms with van der Waals surface area (Å²) in [6, 6.07) is 0. The molecule has 0 amide bonds. The normalized spacial score (nSPS) is 18.4. The number of rotatable bonds is 2. The van der Waals surface area contributed by atoms with Crippen LogP contribution >= 0.6 is 0 Å². The molecule has 0 aromatic rings. The zero-order valence-corrected chi connectivity index (χ0v) is 11.8. The molecule has 1 aliphatic rings. The lowest BCUT2D eigenvalue weighted by Gasteiger charge is -2.35. The zero-order valence-electron chi connectivity index (χ0n) is 11.8. The molecule has 0 atom stereocenters. The van der Waals surface area contributed by atoms with Crippen molar-refractivity contribution in [3.8, 4) is 0 Å². The number of alkyl halides is 11. The molecule has 142 valence electrons. The van der Waals surface area contributed by atoms with Gasteiger partial charge in [0.25, 0.3) is 0 Å². The molecular weight excluding hydrogens is 367 g/mol. The number of nitrogens with zero attached hydrogens (tertiary/aromatic N) is 1. The molecule has 0 aromatic heterocycles. The molecule has 1 nitrogen and oxygen atoms in total. The van der Waals surface area contributed by atoms with E-state index in [4.69, 9.17) is 0 Å². The Morgan fingerprint density at radius 2 is 0.958 bits per heavy atom. The summed E-state index contributed by atoms with van der Waals surface area (Å²) in [5.74, 6) is -6.29. The van der Waals surface area contributed by atoms with Crippen molar-refractivity contribution >= 4 is 0 Å². The third-order valence-corrected chi connectivity index (χ3v) is 3.38. The molecule has 0 aromatic carbocycles. The van der Waals surface area contributed by atoms with Crippen LogP contribution in [-0.2, 0) is 0 Å². The van der Waals surface area contributed by atoms with E-state index >= 15 is 0 Å². The van der Waals surface area contributed by atoms with Crippen LogP contribution in [0.15, 0.2) is 11.3 Å². The van der Waals surface area contributed by atoms with Crippen molar-refractivity contribution in [1.82, 2.24) is 4.90 Å². The highest BCUT2D eigenvalue weighted by atomic mass is 19.4. The Balaban J connectivity index is 3.71. The van der Waals surface area contributed by atoms with Gasteiger partial charge in [0.2, 0.25) is 0 Å². The third kappa shape index (κ3) is 4.44. The molecule has 1 aliphatic heterocycles. The summed E-state index contributed by atoms with van der Waals surface area (Å²) in [7, 11) is 0. The van der Waals surface area contributed by atoms with Crippen molar-refractivity contribution in [3.05, 3.63) is 11.3 Å². The predicted molar refractivity (Wildman–Crippen MR) is 60.2 cm³/mol. The first kappa shape index (κ1) is 20.8. The summed E-state index contributed by atoms with van der Waals surface area (Å²) in [5.41, 5.74) is -6.89. The van der Waals surface area contributed by atoms with Gasteiger partial charge in [0, 0.05) is 13.1 Å². The fourth-order valence-electron chi connectivity index (χ4n) is 2.37. The minimum absolute atomic E-state index is 0.0968. The maximum absolute atomic E-state index is 13.6. The summed E-state index contributed by atoms with van der Waals surface area (Å²) < 4.78 is 141. The Kier molecular flexibility index (Phi) is 5.71. The average molecular weight is 379 g/mol. The first-order chi connectivity index (χ1) is 10.6. The molecule has 24 heavy (non-hydrogen) atoms. The second-order valence-corrected chi connectivity index (χ2v) is 5.19. The highest BCUT2D eigenvalue weighted by Gasteiger charge is 2.67. The van der Waals surface area contributed by atoms with Crippen LogP contribution in [0.1, 0.15) is 25.7 Å². The van der Waals surface area contributed by atoms with Gasteiger partial charge < -0.3 is 4.90 Å². The minimum Gasteiger partial charge on any atom is -0.369 e. The summed E-state index contributed by atoms with van der Waals surface area (Å²) in [4.78, 5) is -0.142. The predicted octanol–water partition coefficient (Wildman–Crippen LogP) is 5.44. The minimum atomic E-state index is -6.60. The van der Waals surface area contributed by atoms with E-state index in [2.05, 4.69) is 0 Å². The molecule has 1 saturated heterocycles. The topological polar surface area (TPSA) is 3.24 Å². The zero-order chi connectivity index (χ0) is 19.0. The average Bonchev–Trinajstić information content (AvgIpc) is 2.59. The number of allylic oxidation sites excluding steroid dienone is 2. The molecule has 1 heterocycles. The van der Waals surface area contributed by atoms with Crippen molar-refractivity contribution in [2.24, 2.45) is 0 Å². The SMILES string of the molecule is FC(F)(F)C(=C(N1CCCCCC1)C(F)(F)C(F)(F)F)C(F)(F)F. The van der Waals surface area contributed by atoms with Crippen LogP contribution in [-0.4, -0.2) is 42.4 Å². The van der Waals surface area contributed by atoms with Gasteiger partial charge in [0.1, 0.15) is 5.70 Å². The standard InChI is InChI=1S/C12H12F11N/c13-9(14,12(21,22)23)8(24-5-3-1-2-4-6-24)7(10(15,16)17)11(18,19)20/h1-6H2. The van der Waals surface area contributed by atoms with E-state index in [1.54, 1.807) is 0 Å². The van der Waals surface area contributed by atoms with Gasteiger partial charge in [-0.3, -0.25) is 0 Å². The molecule has 0 spiro atoms. The quantitative estimate of drug-likeness (QED) is 0.578. The summed E-state index contributed by atoms with van der Waals surface area (Å²) in [6.07, 6.45) is -19.0. The summed E-state index contributed by atoms with van der Waals surface area (Å²) in [6.45, 7) is -1.51. The number of hydrogen-bond donors (Lipinski definition) is 0. The van der Waals surface area contributed by atoms with Gasteiger partial charge in [-0.15, -0.1) is 0 Å². The van der Waals surface area contributed by atoms with Gasteiger partial charge >= 0.3 is 24.5 Å². The lowest BCUT2D eigenvalue weighted by molar-refractivity contribution is -0.275. The number of hydrogen-bond acceptors (Lipinski definition) is 1. The van der Waals surface area contributed by atoms with Crippen molar-refractivity contribution < 1.29 is 48.3 Å². The maximum atomic E-state index is 13.6. The third-order valence-electron chi connectivity index (χ3n) is 3.38. The number of halogens is 11. The largest absolute Gasteiger partial charge is 0.459 e. The molecule has 0 bridgehead atoms. The van der Waals surface area contributed by atoms with Gasteiger partial charge in [0.15, 0.2) is 5.57 Å². The molecule has 0 unspecified atom stereocenters.